The molecule has 51 heavy (non-hydrogen) atoms. The standard InChI is InChI=1S/C48H31N3/c1-3-13-32(14-4-1)33-23-25-35(26-24-33)49-43-20-10-9-19-39(43)42-31-36(27-30-46(42)49)51-45-22-12-8-18-38(45)41-29-28-40-37-17-7-11-21-44(37)50(47(40)48(41)51)34-15-5-2-6-16-34/h1-31H. The Morgan fingerprint density at radius 2 is 0.647 bits per heavy atom. The minimum atomic E-state index is 1.15. The summed E-state index contributed by atoms with van der Waals surface area (Å²) < 4.78 is 7.35. The lowest BCUT2D eigenvalue weighted by molar-refractivity contribution is 1.15. The van der Waals surface area contributed by atoms with Crippen LogP contribution in [0.25, 0.3) is 93.6 Å². The highest BCUT2D eigenvalue weighted by Crippen LogP contribution is 2.42. The van der Waals surface area contributed by atoms with Crippen LogP contribution in [0.5, 0.6) is 0 Å². The van der Waals surface area contributed by atoms with Crippen molar-refractivity contribution in [3.05, 3.63) is 188 Å². The Kier molecular flexibility index (Phi) is 5.96. The quantitative estimate of drug-likeness (QED) is 0.180. The molecule has 0 fully saturated rings. The lowest BCUT2D eigenvalue weighted by Gasteiger charge is -2.13. The first kappa shape index (κ1) is 28.0. The first-order valence-electron chi connectivity index (χ1n) is 17.5. The summed E-state index contributed by atoms with van der Waals surface area (Å²) in [5, 5.41) is 7.48. The van der Waals surface area contributed by atoms with E-state index in [1.165, 1.54) is 76.5 Å². The van der Waals surface area contributed by atoms with E-state index in [0.29, 0.717) is 0 Å². The molecule has 0 saturated carbocycles. The average Bonchev–Trinajstić information content (AvgIpc) is 3.84. The summed E-state index contributed by atoms with van der Waals surface area (Å²) in [7, 11) is 0. The second kappa shape index (κ2) is 10.8. The van der Waals surface area contributed by atoms with Gasteiger partial charge in [-0.15, -0.1) is 0 Å². The fraction of sp³-hybridized carbons (Fsp3) is 0. The number of aromatic nitrogens is 3. The zero-order valence-electron chi connectivity index (χ0n) is 27.7. The lowest BCUT2D eigenvalue weighted by Crippen LogP contribution is -1.99. The summed E-state index contributed by atoms with van der Waals surface area (Å²) in [4.78, 5) is 0. The molecule has 238 valence electrons. The molecule has 0 amide bonds. The molecule has 8 aromatic carbocycles. The largest absolute Gasteiger partial charge is 0.309 e. The molecule has 11 rings (SSSR count). The number of benzene rings is 8. The van der Waals surface area contributed by atoms with E-state index in [1.807, 2.05) is 0 Å². The first-order chi connectivity index (χ1) is 25.3. The second-order valence-electron chi connectivity index (χ2n) is 13.4. The van der Waals surface area contributed by atoms with Gasteiger partial charge in [-0.1, -0.05) is 127 Å². The van der Waals surface area contributed by atoms with E-state index in [0.717, 1.165) is 17.1 Å². The molecule has 0 aliphatic heterocycles. The maximum absolute atomic E-state index is 2.49. The first-order valence-corrected chi connectivity index (χ1v) is 17.5. The predicted molar refractivity (Wildman–Crippen MR) is 215 cm³/mol. The van der Waals surface area contributed by atoms with Crippen LogP contribution in [-0.2, 0) is 0 Å². The van der Waals surface area contributed by atoms with E-state index in [4.69, 9.17) is 0 Å². The fourth-order valence-electron chi connectivity index (χ4n) is 8.43. The fourth-order valence-corrected chi connectivity index (χ4v) is 8.43. The third-order valence-corrected chi connectivity index (χ3v) is 10.6. The second-order valence-corrected chi connectivity index (χ2v) is 13.4. The molecular weight excluding hydrogens is 619 g/mol. The lowest BCUT2D eigenvalue weighted by atomic mass is 10.1. The Bertz CT molecular complexity index is 3110. The Hall–Kier alpha value is -6.84. The zero-order valence-corrected chi connectivity index (χ0v) is 27.7. The van der Waals surface area contributed by atoms with E-state index in [-0.39, 0.29) is 0 Å². The van der Waals surface area contributed by atoms with Crippen LogP contribution in [0.15, 0.2) is 188 Å². The predicted octanol–water partition coefficient (Wildman–Crippen LogP) is 12.6. The maximum Gasteiger partial charge on any atom is 0.0788 e. The van der Waals surface area contributed by atoms with Gasteiger partial charge in [0, 0.05) is 49.4 Å². The van der Waals surface area contributed by atoms with Crippen molar-refractivity contribution in [2.45, 2.75) is 0 Å². The van der Waals surface area contributed by atoms with Crippen molar-refractivity contribution in [1.82, 2.24) is 13.7 Å². The maximum atomic E-state index is 2.49. The molecule has 0 aliphatic carbocycles. The van der Waals surface area contributed by atoms with Gasteiger partial charge < -0.3 is 13.7 Å². The van der Waals surface area contributed by atoms with Crippen molar-refractivity contribution >= 4 is 65.4 Å². The highest BCUT2D eigenvalue weighted by atomic mass is 15.0. The van der Waals surface area contributed by atoms with Crippen molar-refractivity contribution in [2.24, 2.45) is 0 Å². The van der Waals surface area contributed by atoms with Crippen molar-refractivity contribution in [3.8, 4) is 28.2 Å². The molecule has 0 N–H and O–H groups in total. The highest BCUT2D eigenvalue weighted by molar-refractivity contribution is 6.24. The van der Waals surface area contributed by atoms with Crippen molar-refractivity contribution in [3.63, 3.8) is 0 Å². The Balaban J connectivity index is 1.21. The van der Waals surface area contributed by atoms with E-state index in [2.05, 4.69) is 202 Å². The summed E-state index contributed by atoms with van der Waals surface area (Å²) in [6, 6.07) is 68.4. The zero-order chi connectivity index (χ0) is 33.5. The summed E-state index contributed by atoms with van der Waals surface area (Å²) in [5.74, 6) is 0. The topological polar surface area (TPSA) is 14.8 Å². The van der Waals surface area contributed by atoms with Gasteiger partial charge in [-0.2, -0.15) is 0 Å². The molecule has 3 heteroatoms. The molecule has 0 spiro atoms. The molecule has 11 aromatic rings. The van der Waals surface area contributed by atoms with Crippen molar-refractivity contribution < 1.29 is 0 Å². The highest BCUT2D eigenvalue weighted by Gasteiger charge is 2.22. The normalized spacial score (nSPS) is 11.9. The van der Waals surface area contributed by atoms with Crippen LogP contribution in [0.2, 0.25) is 0 Å². The summed E-state index contributed by atoms with van der Waals surface area (Å²) >= 11 is 0. The van der Waals surface area contributed by atoms with Crippen molar-refractivity contribution in [1.29, 1.82) is 0 Å². The van der Waals surface area contributed by atoms with Crippen LogP contribution in [0.4, 0.5) is 0 Å². The number of nitrogens with zero attached hydrogens (tertiary/aromatic N) is 3. The van der Waals surface area contributed by atoms with E-state index in [1.54, 1.807) is 0 Å². The SMILES string of the molecule is c1ccc(-c2ccc(-n3c4ccccc4c4cc(-n5c6ccccc6c6ccc7c8ccccc8n(-c8ccccc8)c7c65)ccc43)cc2)cc1. The molecule has 3 heterocycles. The molecular formula is C48H31N3. The van der Waals surface area contributed by atoms with Crippen LogP contribution < -0.4 is 0 Å². The third kappa shape index (κ3) is 4.06. The van der Waals surface area contributed by atoms with Gasteiger partial charge in [-0.05, 0) is 71.8 Å². The average molecular weight is 650 g/mol. The molecule has 0 saturated heterocycles. The van der Waals surface area contributed by atoms with Gasteiger partial charge >= 0.3 is 0 Å². The van der Waals surface area contributed by atoms with Gasteiger partial charge in [0.2, 0.25) is 0 Å². The van der Waals surface area contributed by atoms with Crippen LogP contribution in [0.1, 0.15) is 0 Å². The summed E-state index contributed by atoms with van der Waals surface area (Å²) in [5.41, 5.74) is 13.1. The van der Waals surface area contributed by atoms with E-state index in [9.17, 15) is 0 Å². The third-order valence-electron chi connectivity index (χ3n) is 10.6. The van der Waals surface area contributed by atoms with Gasteiger partial charge in [0.1, 0.15) is 0 Å². The van der Waals surface area contributed by atoms with Gasteiger partial charge in [0.05, 0.1) is 33.1 Å². The van der Waals surface area contributed by atoms with Gasteiger partial charge in [0.15, 0.2) is 0 Å². The number of fused-ring (bicyclic) bond motifs is 10. The van der Waals surface area contributed by atoms with Crippen LogP contribution in [0, 0.1) is 0 Å². The smallest absolute Gasteiger partial charge is 0.0788 e. The number of rotatable bonds is 4. The number of para-hydroxylation sites is 4. The van der Waals surface area contributed by atoms with Crippen LogP contribution >= 0.6 is 0 Å². The van der Waals surface area contributed by atoms with Gasteiger partial charge in [-0.3, -0.25) is 0 Å². The minimum absolute atomic E-state index is 1.15. The van der Waals surface area contributed by atoms with Crippen LogP contribution in [0.3, 0.4) is 0 Å². The Labute approximate surface area is 294 Å². The molecule has 3 nitrogen and oxygen atoms in total. The molecule has 0 radical (unpaired) electrons. The molecule has 0 atom stereocenters. The van der Waals surface area contributed by atoms with Gasteiger partial charge in [0.25, 0.3) is 0 Å². The minimum Gasteiger partial charge on any atom is -0.309 e. The molecule has 0 bridgehead atoms. The number of hydrogen-bond donors (Lipinski definition) is 0. The van der Waals surface area contributed by atoms with E-state index < -0.39 is 0 Å². The van der Waals surface area contributed by atoms with Crippen LogP contribution in [-0.4, -0.2) is 13.7 Å². The summed E-state index contributed by atoms with van der Waals surface area (Å²) in [6.45, 7) is 0. The Morgan fingerprint density at radius 1 is 0.235 bits per heavy atom. The molecule has 3 aromatic heterocycles. The van der Waals surface area contributed by atoms with Gasteiger partial charge in [-0.25, -0.2) is 0 Å². The molecule has 0 aliphatic rings. The number of hydrogen-bond acceptors (Lipinski definition) is 0. The molecule has 0 unspecified atom stereocenters. The van der Waals surface area contributed by atoms with Crippen molar-refractivity contribution in [2.75, 3.05) is 0 Å². The van der Waals surface area contributed by atoms with E-state index >= 15 is 0 Å². The monoisotopic (exact) mass is 649 g/mol. The summed E-state index contributed by atoms with van der Waals surface area (Å²) in [6.07, 6.45) is 0. The Morgan fingerprint density at radius 3 is 1.25 bits per heavy atom.